The van der Waals surface area contributed by atoms with Gasteiger partial charge >= 0.3 is 0 Å². The lowest BCUT2D eigenvalue weighted by molar-refractivity contribution is -0.168. The van der Waals surface area contributed by atoms with E-state index in [9.17, 15) is 8.42 Å². The average Bonchev–Trinajstić information content (AvgIpc) is 2.98. The van der Waals surface area contributed by atoms with Crippen LogP contribution in [-0.2, 0) is 14.7 Å². The van der Waals surface area contributed by atoms with Crippen molar-refractivity contribution < 1.29 is 17.8 Å². The van der Waals surface area contributed by atoms with Crippen molar-refractivity contribution in [2.24, 2.45) is 0 Å². The summed E-state index contributed by atoms with van der Waals surface area (Å²) in [4.78, 5) is 5.64. The second-order valence-corrected chi connectivity index (χ2v) is 10.8. The zero-order chi connectivity index (χ0) is 17.9. The molecule has 1 aliphatic rings. The summed E-state index contributed by atoms with van der Waals surface area (Å²) >= 11 is 6.83. The first kappa shape index (κ1) is 18.3. The molecule has 2 unspecified atom stereocenters. The molecular weight excluding hydrogens is 464 g/mol. The van der Waals surface area contributed by atoms with Crippen LogP contribution in [0.3, 0.4) is 0 Å². The molecule has 2 atom stereocenters. The van der Waals surface area contributed by atoms with Crippen LogP contribution in [0, 0.1) is 0 Å². The predicted octanol–water partition coefficient (Wildman–Crippen LogP) is 4.20. The Labute approximate surface area is 157 Å². The first-order valence-corrected chi connectivity index (χ1v) is 10.6. The van der Waals surface area contributed by atoms with Gasteiger partial charge in [-0.1, -0.05) is 21.1 Å². The van der Waals surface area contributed by atoms with Gasteiger partial charge in [0.1, 0.15) is 16.3 Å². The molecular formula is C15H18Br2N2O4S. The van der Waals surface area contributed by atoms with Crippen LogP contribution in [0.15, 0.2) is 25.6 Å². The monoisotopic (exact) mass is 480 g/mol. The minimum atomic E-state index is -3.55. The van der Waals surface area contributed by atoms with Crippen LogP contribution in [0.1, 0.15) is 38.1 Å². The summed E-state index contributed by atoms with van der Waals surface area (Å²) in [7, 11) is -1.90. The zero-order valence-corrected chi connectivity index (χ0v) is 17.7. The summed E-state index contributed by atoms with van der Waals surface area (Å²) in [5, 5.41) is 4.60. The highest BCUT2D eigenvalue weighted by molar-refractivity contribution is 9.11. The summed E-state index contributed by atoms with van der Waals surface area (Å²) in [6.07, 6.45) is 0.402. The fourth-order valence-corrected chi connectivity index (χ4v) is 6.37. The quantitative estimate of drug-likeness (QED) is 0.654. The van der Waals surface area contributed by atoms with Crippen LogP contribution < -0.4 is 0 Å². The van der Waals surface area contributed by atoms with Crippen molar-refractivity contribution in [3.05, 3.63) is 26.8 Å². The molecule has 1 saturated heterocycles. The maximum Gasteiger partial charge on any atom is 0.181 e. The lowest BCUT2D eigenvalue weighted by atomic mass is 10.1. The normalized spacial score (nSPS) is 23.0. The Bertz CT molecular complexity index is 894. The van der Waals surface area contributed by atoms with Crippen LogP contribution in [0.2, 0.25) is 0 Å². The van der Waals surface area contributed by atoms with Gasteiger partial charge in [0.15, 0.2) is 15.4 Å². The van der Waals surface area contributed by atoms with Gasteiger partial charge in [0.05, 0.1) is 10.1 Å². The van der Waals surface area contributed by atoms with Gasteiger partial charge in [0.25, 0.3) is 0 Å². The van der Waals surface area contributed by atoms with Gasteiger partial charge in [0, 0.05) is 23.3 Å². The summed E-state index contributed by atoms with van der Waals surface area (Å²) < 4.78 is 33.1. The second-order valence-electron chi connectivity index (χ2n) is 6.62. The number of halogens is 2. The number of nitrogens with zero attached hydrogens (tertiary/aromatic N) is 2. The fourth-order valence-electron chi connectivity index (χ4n) is 3.03. The first-order valence-electron chi connectivity index (χ1n) is 7.42. The van der Waals surface area contributed by atoms with Crippen molar-refractivity contribution in [3.8, 4) is 0 Å². The molecule has 0 saturated carbocycles. The van der Waals surface area contributed by atoms with Gasteiger partial charge in [-0.05, 0) is 48.8 Å². The van der Waals surface area contributed by atoms with E-state index in [-0.39, 0.29) is 0 Å². The van der Waals surface area contributed by atoms with Crippen molar-refractivity contribution in [1.82, 2.24) is 10.2 Å². The van der Waals surface area contributed by atoms with Crippen molar-refractivity contribution >= 4 is 52.7 Å². The molecule has 0 radical (unpaired) electrons. The number of aromatic nitrogens is 1. The molecule has 1 aromatic carbocycles. The highest BCUT2D eigenvalue weighted by atomic mass is 79.9. The number of benzene rings is 1. The van der Waals surface area contributed by atoms with Gasteiger partial charge in [-0.3, -0.25) is 4.84 Å². The smallest absolute Gasteiger partial charge is 0.181 e. The Balaban J connectivity index is 2.04. The standard InChI is InChI=1S/C15H18Br2N2O4S/c1-8(24(20,21)12-7-15(2,3)23-19(12)4)13-10-5-9(16)6-11(17)14(10)22-18-13/h5-6,8,12H,7H2,1-4H3. The third-order valence-corrected chi connectivity index (χ3v) is 7.72. The Hall–Kier alpha value is -0.480. The molecule has 0 aliphatic carbocycles. The summed E-state index contributed by atoms with van der Waals surface area (Å²) in [6, 6.07) is 3.65. The maximum atomic E-state index is 13.1. The second kappa shape index (κ2) is 6.05. The van der Waals surface area contributed by atoms with Gasteiger partial charge in [0.2, 0.25) is 0 Å². The predicted molar refractivity (Wildman–Crippen MR) is 98.1 cm³/mol. The largest absolute Gasteiger partial charge is 0.355 e. The third kappa shape index (κ3) is 3.05. The first-order chi connectivity index (χ1) is 11.0. The van der Waals surface area contributed by atoms with Gasteiger partial charge in [-0.15, -0.1) is 0 Å². The molecule has 1 aromatic heterocycles. The molecule has 0 bridgehead atoms. The number of hydroxylamine groups is 2. The molecule has 2 aromatic rings. The number of hydrogen-bond donors (Lipinski definition) is 0. The molecule has 1 aliphatic heterocycles. The maximum absolute atomic E-state index is 13.1. The summed E-state index contributed by atoms with van der Waals surface area (Å²) in [6.45, 7) is 5.40. The molecule has 2 heterocycles. The number of fused-ring (bicyclic) bond motifs is 1. The van der Waals surface area contributed by atoms with Crippen molar-refractivity contribution in [2.45, 2.75) is 43.4 Å². The molecule has 0 spiro atoms. The van der Waals surface area contributed by atoms with Crippen LogP contribution >= 0.6 is 31.9 Å². The topological polar surface area (TPSA) is 72.6 Å². The van der Waals surface area contributed by atoms with E-state index in [0.29, 0.717) is 23.1 Å². The van der Waals surface area contributed by atoms with E-state index in [2.05, 4.69) is 37.0 Å². The van der Waals surface area contributed by atoms with Crippen LogP contribution in [0.4, 0.5) is 0 Å². The van der Waals surface area contributed by atoms with E-state index < -0.39 is 26.1 Å². The van der Waals surface area contributed by atoms with E-state index >= 15 is 0 Å². The minimum Gasteiger partial charge on any atom is -0.355 e. The van der Waals surface area contributed by atoms with E-state index in [0.717, 1.165) is 8.95 Å². The molecule has 132 valence electrons. The Kier molecular flexibility index (Phi) is 4.62. The molecule has 6 nitrogen and oxygen atoms in total. The van der Waals surface area contributed by atoms with Crippen LogP contribution in [0.5, 0.6) is 0 Å². The van der Waals surface area contributed by atoms with E-state index in [1.807, 2.05) is 26.0 Å². The summed E-state index contributed by atoms with van der Waals surface area (Å²) in [5.74, 6) is 0. The SMILES string of the molecule is CC(c1noc2c(Br)cc(Br)cc12)S(=O)(=O)C1CC(C)(C)ON1C. The highest BCUT2D eigenvalue weighted by Crippen LogP contribution is 2.40. The van der Waals surface area contributed by atoms with E-state index in [4.69, 9.17) is 9.36 Å². The van der Waals surface area contributed by atoms with Crippen LogP contribution in [0.25, 0.3) is 11.0 Å². The Morgan fingerprint density at radius 2 is 2.04 bits per heavy atom. The van der Waals surface area contributed by atoms with Crippen molar-refractivity contribution in [2.75, 3.05) is 7.05 Å². The Morgan fingerprint density at radius 3 is 2.62 bits per heavy atom. The van der Waals surface area contributed by atoms with E-state index in [1.54, 1.807) is 14.0 Å². The lowest BCUT2D eigenvalue weighted by Crippen LogP contribution is -2.34. The van der Waals surface area contributed by atoms with Crippen molar-refractivity contribution in [1.29, 1.82) is 0 Å². The number of sulfone groups is 1. The Morgan fingerprint density at radius 1 is 1.38 bits per heavy atom. The fraction of sp³-hybridized carbons (Fsp3) is 0.533. The van der Waals surface area contributed by atoms with Gasteiger partial charge in [-0.2, -0.15) is 5.06 Å². The average molecular weight is 482 g/mol. The van der Waals surface area contributed by atoms with Gasteiger partial charge < -0.3 is 4.52 Å². The zero-order valence-electron chi connectivity index (χ0n) is 13.7. The number of hydrogen-bond acceptors (Lipinski definition) is 6. The molecule has 1 fully saturated rings. The molecule has 0 N–H and O–H groups in total. The molecule has 3 rings (SSSR count). The lowest BCUT2D eigenvalue weighted by Gasteiger charge is -2.21. The van der Waals surface area contributed by atoms with Crippen molar-refractivity contribution in [3.63, 3.8) is 0 Å². The molecule has 0 amide bonds. The molecule has 9 heteroatoms. The van der Waals surface area contributed by atoms with E-state index in [1.165, 1.54) is 5.06 Å². The third-order valence-electron chi connectivity index (χ3n) is 4.24. The van der Waals surface area contributed by atoms with Crippen LogP contribution in [-0.4, -0.2) is 36.7 Å². The minimum absolute atomic E-state index is 0.402. The molecule has 24 heavy (non-hydrogen) atoms. The summed E-state index contributed by atoms with van der Waals surface area (Å²) in [5.41, 5.74) is 0.432. The van der Waals surface area contributed by atoms with Gasteiger partial charge in [-0.25, -0.2) is 8.42 Å². The highest BCUT2D eigenvalue weighted by Gasteiger charge is 2.47. The number of rotatable bonds is 3.